The molecular formula is C13H22N2O4. The first-order valence-electron chi connectivity index (χ1n) is 6.65. The summed E-state index contributed by atoms with van der Waals surface area (Å²) in [6.45, 7) is 7.70. The number of aryl methyl sites for hydroxylation is 1. The number of rotatable bonds is 9. The van der Waals surface area contributed by atoms with Gasteiger partial charge in [-0.2, -0.15) is 5.10 Å². The highest BCUT2D eigenvalue weighted by atomic mass is 16.7. The fourth-order valence-electron chi connectivity index (χ4n) is 1.70. The van der Waals surface area contributed by atoms with E-state index in [9.17, 15) is 4.79 Å². The minimum absolute atomic E-state index is 0.269. The highest BCUT2D eigenvalue weighted by Gasteiger charge is 2.15. The van der Waals surface area contributed by atoms with Gasteiger partial charge in [-0.05, 0) is 26.8 Å². The second-order valence-electron chi connectivity index (χ2n) is 3.79. The van der Waals surface area contributed by atoms with Gasteiger partial charge in [-0.1, -0.05) is 0 Å². The van der Waals surface area contributed by atoms with E-state index in [1.807, 2.05) is 13.8 Å². The van der Waals surface area contributed by atoms with Crippen molar-refractivity contribution in [2.24, 2.45) is 0 Å². The molecule has 0 unspecified atom stereocenters. The number of nitrogens with zero attached hydrogens (tertiary/aromatic N) is 2. The molecule has 6 heteroatoms. The normalized spacial score (nSPS) is 10.9. The summed E-state index contributed by atoms with van der Waals surface area (Å²) in [6.07, 6.45) is 1.95. The predicted octanol–water partition coefficient (Wildman–Crippen LogP) is 1.85. The Morgan fingerprint density at radius 2 is 1.95 bits per heavy atom. The molecule has 1 heterocycles. The molecule has 1 rings (SSSR count). The molecule has 0 bridgehead atoms. The van der Waals surface area contributed by atoms with Crippen LogP contribution in [0.25, 0.3) is 0 Å². The van der Waals surface area contributed by atoms with E-state index in [0.29, 0.717) is 38.5 Å². The number of carbonyl (C=O) groups is 1. The Hall–Kier alpha value is -1.40. The van der Waals surface area contributed by atoms with Crippen LogP contribution in [0.5, 0.6) is 0 Å². The van der Waals surface area contributed by atoms with Crippen LogP contribution in [-0.4, -0.2) is 41.9 Å². The van der Waals surface area contributed by atoms with Crippen LogP contribution in [0, 0.1) is 0 Å². The highest BCUT2D eigenvalue weighted by Crippen LogP contribution is 2.07. The molecule has 0 spiro atoms. The van der Waals surface area contributed by atoms with Crippen LogP contribution in [0.3, 0.4) is 0 Å². The Morgan fingerprint density at radius 3 is 2.53 bits per heavy atom. The van der Waals surface area contributed by atoms with E-state index < -0.39 is 0 Å². The molecular weight excluding hydrogens is 248 g/mol. The van der Waals surface area contributed by atoms with Gasteiger partial charge in [0.25, 0.3) is 0 Å². The van der Waals surface area contributed by atoms with E-state index in [-0.39, 0.29) is 12.3 Å². The first kappa shape index (κ1) is 15.7. The summed E-state index contributed by atoms with van der Waals surface area (Å²) in [5.74, 6) is -0.357. The van der Waals surface area contributed by atoms with Gasteiger partial charge in [0.1, 0.15) is 5.69 Å². The lowest BCUT2D eigenvalue weighted by Gasteiger charge is -2.17. The van der Waals surface area contributed by atoms with Crippen LogP contribution >= 0.6 is 0 Å². The zero-order valence-corrected chi connectivity index (χ0v) is 11.8. The predicted molar refractivity (Wildman–Crippen MR) is 69.8 cm³/mol. The molecule has 108 valence electrons. The molecule has 1 aromatic heterocycles. The highest BCUT2D eigenvalue weighted by molar-refractivity contribution is 5.87. The van der Waals surface area contributed by atoms with Gasteiger partial charge < -0.3 is 14.2 Å². The summed E-state index contributed by atoms with van der Waals surface area (Å²) in [5, 5.41) is 4.12. The number of ether oxygens (including phenoxy) is 3. The standard InChI is InChI=1S/C13H22N2O4/c1-4-17-12(18-5-2)8-10-15-11(7-9-14-15)13(16)19-6-3/h7,9,12H,4-6,8,10H2,1-3H3. The fraction of sp³-hybridized carbons (Fsp3) is 0.692. The van der Waals surface area contributed by atoms with Gasteiger partial charge in [0.15, 0.2) is 6.29 Å². The van der Waals surface area contributed by atoms with E-state index >= 15 is 0 Å². The number of hydrogen-bond acceptors (Lipinski definition) is 5. The third-order valence-corrected chi connectivity index (χ3v) is 2.48. The van der Waals surface area contributed by atoms with Crippen LogP contribution in [0.15, 0.2) is 12.3 Å². The molecule has 6 nitrogen and oxygen atoms in total. The Bertz CT molecular complexity index is 372. The van der Waals surface area contributed by atoms with Crippen molar-refractivity contribution in [3.63, 3.8) is 0 Å². The molecule has 0 saturated heterocycles. The van der Waals surface area contributed by atoms with E-state index in [4.69, 9.17) is 14.2 Å². The van der Waals surface area contributed by atoms with Crippen molar-refractivity contribution in [3.05, 3.63) is 18.0 Å². The average molecular weight is 270 g/mol. The summed E-state index contributed by atoms with van der Waals surface area (Å²) in [6, 6.07) is 1.65. The molecule has 0 N–H and O–H groups in total. The zero-order valence-electron chi connectivity index (χ0n) is 11.8. The maximum absolute atomic E-state index is 11.7. The number of esters is 1. The first-order chi connectivity index (χ1) is 9.22. The summed E-state index contributed by atoms with van der Waals surface area (Å²) < 4.78 is 17.5. The van der Waals surface area contributed by atoms with Crippen molar-refractivity contribution >= 4 is 5.97 Å². The van der Waals surface area contributed by atoms with Gasteiger partial charge in [-0.25, -0.2) is 4.79 Å². The number of carbonyl (C=O) groups excluding carboxylic acids is 1. The zero-order chi connectivity index (χ0) is 14.1. The molecule has 0 radical (unpaired) electrons. The van der Waals surface area contributed by atoms with E-state index in [1.54, 1.807) is 23.9 Å². The second-order valence-corrected chi connectivity index (χ2v) is 3.79. The Labute approximate surface area is 113 Å². The van der Waals surface area contributed by atoms with Gasteiger partial charge in [-0.15, -0.1) is 0 Å². The molecule has 19 heavy (non-hydrogen) atoms. The molecule has 0 aliphatic carbocycles. The van der Waals surface area contributed by atoms with Gasteiger partial charge in [0.05, 0.1) is 6.61 Å². The minimum Gasteiger partial charge on any atom is -0.461 e. The maximum Gasteiger partial charge on any atom is 0.356 e. The van der Waals surface area contributed by atoms with Crippen molar-refractivity contribution in [1.29, 1.82) is 0 Å². The van der Waals surface area contributed by atoms with Crippen molar-refractivity contribution < 1.29 is 19.0 Å². The largest absolute Gasteiger partial charge is 0.461 e. The fourth-order valence-corrected chi connectivity index (χ4v) is 1.70. The van der Waals surface area contributed by atoms with Crippen LogP contribution in [-0.2, 0) is 20.8 Å². The third kappa shape index (κ3) is 5.00. The molecule has 0 atom stereocenters. The molecule has 0 saturated carbocycles. The Morgan fingerprint density at radius 1 is 1.26 bits per heavy atom. The Balaban J connectivity index is 2.56. The smallest absolute Gasteiger partial charge is 0.356 e. The topological polar surface area (TPSA) is 62.6 Å². The Kier molecular flexibility index (Phi) is 7.14. The van der Waals surface area contributed by atoms with Crippen molar-refractivity contribution in [3.8, 4) is 0 Å². The lowest BCUT2D eigenvalue weighted by Crippen LogP contribution is -2.21. The molecule has 0 fully saturated rings. The van der Waals surface area contributed by atoms with Crippen LogP contribution in [0.4, 0.5) is 0 Å². The summed E-state index contributed by atoms with van der Waals surface area (Å²) in [4.78, 5) is 11.7. The second kappa shape index (κ2) is 8.66. The van der Waals surface area contributed by atoms with E-state index in [2.05, 4.69) is 5.10 Å². The average Bonchev–Trinajstić information content (AvgIpc) is 2.85. The maximum atomic E-state index is 11.7. The quantitative estimate of drug-likeness (QED) is 0.506. The molecule has 0 aliphatic heterocycles. The van der Waals surface area contributed by atoms with Gasteiger partial charge in [0, 0.05) is 32.4 Å². The van der Waals surface area contributed by atoms with Crippen LogP contribution in [0.2, 0.25) is 0 Å². The number of hydrogen-bond donors (Lipinski definition) is 0. The lowest BCUT2D eigenvalue weighted by molar-refractivity contribution is -0.141. The van der Waals surface area contributed by atoms with Gasteiger partial charge in [-0.3, -0.25) is 4.68 Å². The van der Waals surface area contributed by atoms with Crippen molar-refractivity contribution in [2.75, 3.05) is 19.8 Å². The minimum atomic E-state index is -0.357. The summed E-state index contributed by atoms with van der Waals surface area (Å²) in [5.41, 5.74) is 0.452. The lowest BCUT2D eigenvalue weighted by atomic mass is 10.3. The van der Waals surface area contributed by atoms with Crippen molar-refractivity contribution in [2.45, 2.75) is 40.0 Å². The summed E-state index contributed by atoms with van der Waals surface area (Å²) >= 11 is 0. The van der Waals surface area contributed by atoms with Gasteiger partial charge in [0.2, 0.25) is 0 Å². The first-order valence-corrected chi connectivity index (χ1v) is 6.65. The van der Waals surface area contributed by atoms with Crippen LogP contribution in [0.1, 0.15) is 37.7 Å². The van der Waals surface area contributed by atoms with E-state index in [0.717, 1.165) is 0 Å². The van der Waals surface area contributed by atoms with Crippen molar-refractivity contribution in [1.82, 2.24) is 9.78 Å². The summed E-state index contributed by atoms with van der Waals surface area (Å²) in [7, 11) is 0. The molecule has 0 aliphatic rings. The molecule has 0 aromatic carbocycles. The monoisotopic (exact) mass is 270 g/mol. The van der Waals surface area contributed by atoms with Gasteiger partial charge >= 0.3 is 5.97 Å². The van der Waals surface area contributed by atoms with E-state index in [1.165, 1.54) is 0 Å². The molecule has 1 aromatic rings. The molecule has 0 amide bonds. The van der Waals surface area contributed by atoms with Crippen LogP contribution < -0.4 is 0 Å². The SMILES string of the molecule is CCOC(=O)c1ccnn1CCC(OCC)OCC. The number of aromatic nitrogens is 2. The third-order valence-electron chi connectivity index (χ3n) is 2.48.